The van der Waals surface area contributed by atoms with E-state index in [4.69, 9.17) is 5.73 Å². The fourth-order valence-corrected chi connectivity index (χ4v) is 5.45. The highest BCUT2D eigenvalue weighted by molar-refractivity contribution is 7.22. The fourth-order valence-electron chi connectivity index (χ4n) is 4.36. The van der Waals surface area contributed by atoms with Crippen LogP contribution in [-0.4, -0.2) is 21.6 Å². The maximum absolute atomic E-state index is 6.00. The van der Waals surface area contributed by atoms with E-state index in [1.807, 2.05) is 13.2 Å². The van der Waals surface area contributed by atoms with Crippen LogP contribution in [0.3, 0.4) is 0 Å². The van der Waals surface area contributed by atoms with E-state index in [0.29, 0.717) is 12.0 Å². The van der Waals surface area contributed by atoms with Crippen LogP contribution in [0.15, 0.2) is 54.9 Å². The molecular formula is C26H28N6S. The van der Waals surface area contributed by atoms with E-state index in [1.165, 1.54) is 15.0 Å². The number of anilines is 2. The van der Waals surface area contributed by atoms with Gasteiger partial charge in [0.15, 0.2) is 0 Å². The van der Waals surface area contributed by atoms with Crippen LogP contribution >= 0.6 is 11.3 Å². The normalized spacial score (nSPS) is 12.5. The Kier molecular flexibility index (Phi) is 5.52. The number of hydrazine groups is 1. The monoisotopic (exact) mass is 456 g/mol. The SMILES string of the molecule is CCC(C)n1cc(-c2cc(C)c(NNC)c(-c3cc4ccccc4s3)c2)c2nc(N)ncc21. The Morgan fingerprint density at radius 3 is 2.73 bits per heavy atom. The highest BCUT2D eigenvalue weighted by Gasteiger charge is 2.19. The van der Waals surface area contributed by atoms with Crippen molar-refractivity contribution in [2.24, 2.45) is 0 Å². The molecule has 0 amide bonds. The van der Waals surface area contributed by atoms with Crippen molar-refractivity contribution in [1.82, 2.24) is 20.0 Å². The number of hydrogen-bond donors (Lipinski definition) is 3. The van der Waals surface area contributed by atoms with Crippen LogP contribution in [0.4, 0.5) is 11.6 Å². The van der Waals surface area contributed by atoms with Gasteiger partial charge in [-0.15, -0.1) is 11.3 Å². The maximum atomic E-state index is 6.00. The molecule has 4 N–H and O–H groups in total. The zero-order valence-corrected chi connectivity index (χ0v) is 20.1. The number of nitrogens with one attached hydrogen (secondary N) is 2. The topological polar surface area (TPSA) is 80.8 Å². The molecule has 5 rings (SSSR count). The van der Waals surface area contributed by atoms with E-state index < -0.39 is 0 Å². The molecule has 0 saturated carbocycles. The highest BCUT2D eigenvalue weighted by Crippen LogP contribution is 2.42. The van der Waals surface area contributed by atoms with Crippen LogP contribution < -0.4 is 16.6 Å². The Balaban J connectivity index is 1.76. The van der Waals surface area contributed by atoms with Gasteiger partial charge in [-0.1, -0.05) is 25.1 Å². The molecule has 33 heavy (non-hydrogen) atoms. The Morgan fingerprint density at radius 2 is 1.97 bits per heavy atom. The van der Waals surface area contributed by atoms with Crippen LogP contribution in [0, 0.1) is 6.92 Å². The Labute approximate surface area is 197 Å². The van der Waals surface area contributed by atoms with Gasteiger partial charge in [-0.2, -0.15) is 0 Å². The first-order chi connectivity index (χ1) is 16.0. The highest BCUT2D eigenvalue weighted by atomic mass is 32.1. The van der Waals surface area contributed by atoms with Crippen molar-refractivity contribution in [3.8, 4) is 21.6 Å². The second kappa shape index (κ2) is 8.50. The minimum Gasteiger partial charge on any atom is -0.368 e. The molecule has 168 valence electrons. The van der Waals surface area contributed by atoms with E-state index >= 15 is 0 Å². The molecule has 1 unspecified atom stereocenters. The number of hydrogen-bond acceptors (Lipinski definition) is 6. The number of nitrogens with two attached hydrogens (primary N) is 1. The summed E-state index contributed by atoms with van der Waals surface area (Å²) in [6.45, 7) is 6.54. The van der Waals surface area contributed by atoms with Gasteiger partial charge in [-0.05, 0) is 61.0 Å². The number of nitrogens with zero attached hydrogens (tertiary/aromatic N) is 3. The van der Waals surface area contributed by atoms with Crippen LogP contribution in [-0.2, 0) is 0 Å². The average Bonchev–Trinajstić information content (AvgIpc) is 3.41. The first-order valence-corrected chi connectivity index (χ1v) is 12.0. The predicted octanol–water partition coefficient (Wildman–Crippen LogP) is 6.39. The lowest BCUT2D eigenvalue weighted by Crippen LogP contribution is -2.16. The van der Waals surface area contributed by atoms with E-state index in [0.717, 1.165) is 45.4 Å². The Bertz CT molecular complexity index is 1430. The third-order valence-corrected chi connectivity index (χ3v) is 7.39. The number of thiophene rings is 1. The summed E-state index contributed by atoms with van der Waals surface area (Å²) < 4.78 is 3.54. The lowest BCUT2D eigenvalue weighted by molar-refractivity contribution is 0.548. The molecule has 5 aromatic rings. The third-order valence-electron chi connectivity index (χ3n) is 6.24. The molecule has 3 heterocycles. The van der Waals surface area contributed by atoms with Crippen molar-refractivity contribution in [3.05, 3.63) is 60.4 Å². The quantitative estimate of drug-likeness (QED) is 0.258. The van der Waals surface area contributed by atoms with Crippen molar-refractivity contribution >= 4 is 44.1 Å². The number of rotatable bonds is 6. The molecule has 0 bridgehead atoms. The Hall–Kier alpha value is -3.42. The smallest absolute Gasteiger partial charge is 0.220 e. The predicted molar refractivity (Wildman–Crippen MR) is 141 cm³/mol. The zero-order valence-electron chi connectivity index (χ0n) is 19.3. The molecule has 0 saturated heterocycles. The van der Waals surface area contributed by atoms with Crippen LogP contribution in [0.2, 0.25) is 0 Å². The van der Waals surface area contributed by atoms with Crippen molar-refractivity contribution in [2.75, 3.05) is 18.2 Å². The molecule has 0 aliphatic carbocycles. The van der Waals surface area contributed by atoms with Gasteiger partial charge in [-0.3, -0.25) is 0 Å². The molecule has 0 aliphatic rings. The summed E-state index contributed by atoms with van der Waals surface area (Å²) in [6, 6.07) is 15.6. The van der Waals surface area contributed by atoms with Crippen molar-refractivity contribution in [1.29, 1.82) is 0 Å². The van der Waals surface area contributed by atoms with Gasteiger partial charge in [0.25, 0.3) is 0 Å². The molecule has 6 nitrogen and oxygen atoms in total. The molecule has 0 spiro atoms. The van der Waals surface area contributed by atoms with Gasteiger partial charge in [-0.25, -0.2) is 15.4 Å². The number of nitrogen functional groups attached to an aromatic ring is 1. The summed E-state index contributed by atoms with van der Waals surface area (Å²) in [4.78, 5) is 10.1. The van der Waals surface area contributed by atoms with Gasteiger partial charge in [0, 0.05) is 40.0 Å². The minimum atomic E-state index is 0.292. The van der Waals surface area contributed by atoms with Gasteiger partial charge >= 0.3 is 0 Å². The Morgan fingerprint density at radius 1 is 1.15 bits per heavy atom. The first kappa shape index (κ1) is 21.4. The summed E-state index contributed by atoms with van der Waals surface area (Å²) in [5.41, 5.74) is 19.9. The molecule has 3 aromatic heterocycles. The lowest BCUT2D eigenvalue weighted by Gasteiger charge is -2.15. The van der Waals surface area contributed by atoms with Crippen LogP contribution in [0.25, 0.3) is 42.7 Å². The number of aryl methyl sites for hydroxylation is 1. The number of benzene rings is 2. The van der Waals surface area contributed by atoms with Gasteiger partial charge in [0.1, 0.15) is 5.52 Å². The summed E-state index contributed by atoms with van der Waals surface area (Å²) in [5, 5.41) is 1.25. The minimum absolute atomic E-state index is 0.292. The molecule has 0 aliphatic heterocycles. The first-order valence-electron chi connectivity index (χ1n) is 11.2. The summed E-state index contributed by atoms with van der Waals surface area (Å²) in [5.74, 6) is 0.292. The fraction of sp³-hybridized carbons (Fsp3) is 0.231. The molecule has 0 fully saturated rings. The van der Waals surface area contributed by atoms with Crippen molar-refractivity contribution in [2.45, 2.75) is 33.2 Å². The van der Waals surface area contributed by atoms with Crippen LogP contribution in [0.1, 0.15) is 31.9 Å². The standard InChI is InChI=1S/C26H28N6S/c1-5-16(3)32-14-20(25-21(32)13-29-26(27)30-25)18-10-15(2)24(31-28-4)19(11-18)23-12-17-8-6-7-9-22(17)33-23/h6-14,16,28,31H,5H2,1-4H3,(H2,27,29,30). The average molecular weight is 457 g/mol. The molecule has 2 aromatic carbocycles. The zero-order chi connectivity index (χ0) is 23.1. The van der Waals surface area contributed by atoms with Crippen molar-refractivity contribution in [3.63, 3.8) is 0 Å². The second-order valence-corrected chi connectivity index (χ2v) is 9.49. The van der Waals surface area contributed by atoms with Gasteiger partial charge in [0.05, 0.1) is 17.4 Å². The van der Waals surface area contributed by atoms with E-state index in [1.54, 1.807) is 11.3 Å². The van der Waals surface area contributed by atoms with Crippen LogP contribution in [0.5, 0.6) is 0 Å². The molecular weight excluding hydrogens is 428 g/mol. The van der Waals surface area contributed by atoms with Crippen molar-refractivity contribution < 1.29 is 0 Å². The number of aromatic nitrogens is 3. The largest absolute Gasteiger partial charge is 0.368 e. The number of fused-ring (bicyclic) bond motifs is 2. The van der Waals surface area contributed by atoms with E-state index in [9.17, 15) is 0 Å². The molecule has 7 heteroatoms. The summed E-state index contributed by atoms with van der Waals surface area (Å²) >= 11 is 1.80. The third kappa shape index (κ3) is 3.73. The van der Waals surface area contributed by atoms with Gasteiger partial charge < -0.3 is 15.7 Å². The maximum Gasteiger partial charge on any atom is 0.220 e. The second-order valence-electron chi connectivity index (χ2n) is 8.41. The molecule has 0 radical (unpaired) electrons. The molecule has 1 atom stereocenters. The van der Waals surface area contributed by atoms with E-state index in [-0.39, 0.29) is 0 Å². The summed E-state index contributed by atoms with van der Waals surface area (Å²) in [7, 11) is 1.89. The lowest BCUT2D eigenvalue weighted by atomic mass is 9.98. The van der Waals surface area contributed by atoms with E-state index in [2.05, 4.69) is 94.8 Å². The summed E-state index contributed by atoms with van der Waals surface area (Å²) in [6.07, 6.45) is 5.05. The van der Waals surface area contributed by atoms with Gasteiger partial charge in [0.2, 0.25) is 5.95 Å².